The van der Waals surface area contributed by atoms with Gasteiger partial charge in [-0.25, -0.2) is 21.6 Å². The van der Waals surface area contributed by atoms with Crippen molar-refractivity contribution in [3.05, 3.63) is 94.6 Å². The molecule has 4 aromatic rings. The third kappa shape index (κ3) is 11.5. The molecule has 1 fully saturated rings. The second-order valence-corrected chi connectivity index (χ2v) is 18.9. The topological polar surface area (TPSA) is 262 Å². The number of rotatable bonds is 15. The Morgan fingerprint density at radius 1 is 0.768 bits per heavy atom. The van der Waals surface area contributed by atoms with E-state index in [1.165, 1.54) is 18.2 Å². The van der Waals surface area contributed by atoms with Gasteiger partial charge in [-0.05, 0) is 101 Å². The second-order valence-electron chi connectivity index (χ2n) is 15.6. The number of anilines is 4. The van der Waals surface area contributed by atoms with Crippen LogP contribution in [0.5, 0.6) is 5.75 Å². The monoisotopic (exact) mass is 1010 g/mol. The zero-order valence-electron chi connectivity index (χ0n) is 35.5. The van der Waals surface area contributed by atoms with Crippen LogP contribution in [-0.4, -0.2) is 83.8 Å². The second kappa shape index (κ2) is 19.5. The van der Waals surface area contributed by atoms with E-state index in [-0.39, 0.29) is 89.4 Å². The summed E-state index contributed by atoms with van der Waals surface area (Å²) in [6.45, 7) is 1.27. The maximum atomic E-state index is 14.2. The van der Waals surface area contributed by atoms with Gasteiger partial charge in [-0.3, -0.25) is 23.8 Å². The Bertz CT molecular complexity index is 3010. The third-order valence-electron chi connectivity index (χ3n) is 10.7. The van der Waals surface area contributed by atoms with Crippen molar-refractivity contribution in [1.29, 1.82) is 0 Å². The Labute approximate surface area is 388 Å². The van der Waals surface area contributed by atoms with Crippen molar-refractivity contribution in [3.63, 3.8) is 0 Å². The van der Waals surface area contributed by atoms with Crippen LogP contribution in [0.3, 0.4) is 0 Å². The fraction of sp³-hybridized carbons (Fsp3) is 0.268. The largest absolute Gasteiger partial charge is 0.491 e. The fourth-order valence-electron chi connectivity index (χ4n) is 7.48. The smallest absolute Gasteiger partial charge is 0.462 e. The van der Waals surface area contributed by atoms with Gasteiger partial charge in [0.15, 0.2) is 0 Å². The minimum Gasteiger partial charge on any atom is -0.462 e. The lowest BCUT2D eigenvalue weighted by molar-refractivity contribution is -0.167. The number of nitrogens with one attached hydrogen (secondary N) is 4. The third-order valence-corrected chi connectivity index (χ3v) is 13.7. The molecule has 1 unspecified atom stereocenters. The standard InChI is InChI=1S/C41H36B2F6N4O14S2/c1-2-3-21(12-24-14-26(50-38(56)40(44,45)46)6-8-34(24)68(60,61)52-28-5-4-23-19-65-42(58)31(23)16-28)37(55)67-33-18-29(17-32-30(33)20-66-43(32)59)53-69(62,63)35-9-7-27(51-39(57)41(47,48)49)15-25(35)13-22-10-11-64-36(22)54/h4-9,13-18,21,52-53,58-59H,2-3,10-12,19-20H2,1H3,(H,50,56)(H,51,57). The average Bonchev–Trinajstić information content (AvgIpc) is 3.96. The molecule has 7 rings (SSSR count). The molecule has 0 saturated carbocycles. The van der Waals surface area contributed by atoms with Gasteiger partial charge in [0.2, 0.25) is 0 Å². The van der Waals surface area contributed by atoms with Crippen molar-refractivity contribution in [2.24, 2.45) is 5.92 Å². The summed E-state index contributed by atoms with van der Waals surface area (Å²) < 4.78 is 161. The Hall–Kier alpha value is -6.45. The summed E-state index contributed by atoms with van der Waals surface area (Å²) >= 11 is 0. The van der Waals surface area contributed by atoms with Crippen molar-refractivity contribution >= 4 is 97.8 Å². The molecule has 18 nitrogen and oxygen atoms in total. The minimum atomic E-state index is -5.34. The van der Waals surface area contributed by atoms with Crippen LogP contribution in [0.15, 0.2) is 82.1 Å². The van der Waals surface area contributed by atoms with E-state index in [2.05, 4.69) is 9.44 Å². The van der Waals surface area contributed by atoms with Gasteiger partial charge in [0, 0.05) is 40.7 Å². The van der Waals surface area contributed by atoms with Gasteiger partial charge >= 0.3 is 50.3 Å². The number of hydrogen-bond acceptors (Lipinski definition) is 14. The SMILES string of the molecule is CCCC(Cc1cc(NC(=O)C(F)(F)F)ccc1S(=O)(=O)Nc1ccc2c(c1)B(O)OC2)C(=O)Oc1cc(NS(=O)(=O)c2ccc(NC(=O)C(F)(F)F)cc2C=C2CCOC2=O)cc2c1COB2O. The van der Waals surface area contributed by atoms with E-state index in [0.29, 0.717) is 5.56 Å². The Balaban J connectivity index is 1.21. The molecule has 0 radical (unpaired) electrons. The summed E-state index contributed by atoms with van der Waals surface area (Å²) in [6, 6.07) is 11.7. The molecule has 69 heavy (non-hydrogen) atoms. The highest BCUT2D eigenvalue weighted by molar-refractivity contribution is 7.93. The van der Waals surface area contributed by atoms with Crippen LogP contribution >= 0.6 is 0 Å². The van der Waals surface area contributed by atoms with Gasteiger partial charge in [0.1, 0.15) is 5.75 Å². The van der Waals surface area contributed by atoms with E-state index in [0.717, 1.165) is 54.6 Å². The summed E-state index contributed by atoms with van der Waals surface area (Å²) in [5, 5.41) is 24.1. The van der Waals surface area contributed by atoms with Gasteiger partial charge in [0.25, 0.3) is 20.0 Å². The van der Waals surface area contributed by atoms with Crippen molar-refractivity contribution < 1.29 is 91.2 Å². The highest BCUT2D eigenvalue weighted by Crippen LogP contribution is 2.34. The Kier molecular flexibility index (Phi) is 14.3. The van der Waals surface area contributed by atoms with Crippen LogP contribution in [0, 0.1) is 5.92 Å². The number of benzene rings is 4. The zero-order chi connectivity index (χ0) is 50.2. The van der Waals surface area contributed by atoms with Crippen LogP contribution < -0.4 is 35.7 Å². The first-order valence-electron chi connectivity index (χ1n) is 20.4. The number of ether oxygens (including phenoxy) is 2. The van der Waals surface area contributed by atoms with Crippen LogP contribution in [-0.2, 0) is 72.9 Å². The molecule has 0 spiro atoms. The van der Waals surface area contributed by atoms with E-state index in [1.54, 1.807) is 17.6 Å². The van der Waals surface area contributed by atoms with Gasteiger partial charge in [-0.1, -0.05) is 19.4 Å². The number of halogens is 6. The normalized spacial score (nSPS) is 15.9. The lowest BCUT2D eigenvalue weighted by Gasteiger charge is -2.20. The first-order valence-corrected chi connectivity index (χ1v) is 23.4. The molecule has 0 bridgehead atoms. The van der Waals surface area contributed by atoms with E-state index < -0.39 is 104 Å². The first-order chi connectivity index (χ1) is 32.3. The highest BCUT2D eigenvalue weighted by Gasteiger charge is 2.40. The molecule has 3 heterocycles. The number of hydrogen-bond donors (Lipinski definition) is 6. The van der Waals surface area contributed by atoms with Crippen LogP contribution in [0.25, 0.3) is 6.08 Å². The molecule has 28 heteroatoms. The van der Waals surface area contributed by atoms with Crippen molar-refractivity contribution in [2.45, 2.75) is 68.0 Å². The van der Waals surface area contributed by atoms with Crippen molar-refractivity contribution in [2.75, 3.05) is 26.7 Å². The number of esters is 2. The molecule has 3 aliphatic heterocycles. The molecule has 2 amide bonds. The lowest BCUT2D eigenvalue weighted by atomic mass is 9.79. The summed E-state index contributed by atoms with van der Waals surface area (Å²) in [7, 11) is -12.5. The van der Waals surface area contributed by atoms with Crippen LogP contribution in [0.1, 0.15) is 48.4 Å². The summed E-state index contributed by atoms with van der Waals surface area (Å²) in [4.78, 5) is 48.9. The van der Waals surface area contributed by atoms with Gasteiger partial charge in [-0.15, -0.1) is 0 Å². The fourth-order valence-corrected chi connectivity index (χ4v) is 9.98. The molecule has 0 aromatic heterocycles. The molecular weight excluding hydrogens is 972 g/mol. The predicted octanol–water partition coefficient (Wildman–Crippen LogP) is 3.62. The Morgan fingerprint density at radius 2 is 1.35 bits per heavy atom. The van der Waals surface area contributed by atoms with Crippen molar-refractivity contribution in [3.8, 4) is 5.75 Å². The predicted molar refractivity (Wildman–Crippen MR) is 233 cm³/mol. The quantitative estimate of drug-likeness (QED) is 0.0327. The lowest BCUT2D eigenvalue weighted by Crippen LogP contribution is -2.30. The number of cyclic esters (lactones) is 1. The maximum Gasteiger partial charge on any atom is 0.491 e. The number of alkyl halides is 6. The van der Waals surface area contributed by atoms with Gasteiger partial charge in [-0.2, -0.15) is 26.3 Å². The van der Waals surface area contributed by atoms with E-state index in [4.69, 9.17) is 18.8 Å². The summed E-state index contributed by atoms with van der Waals surface area (Å²) in [5.74, 6) is -8.30. The molecule has 1 saturated heterocycles. The molecule has 1 atom stereocenters. The van der Waals surface area contributed by atoms with Crippen molar-refractivity contribution in [1.82, 2.24) is 0 Å². The van der Waals surface area contributed by atoms with Gasteiger partial charge < -0.3 is 39.5 Å². The van der Waals surface area contributed by atoms with E-state index >= 15 is 0 Å². The molecule has 3 aliphatic rings. The number of fused-ring (bicyclic) bond motifs is 2. The van der Waals surface area contributed by atoms with Crippen LogP contribution in [0.2, 0.25) is 0 Å². The number of carbonyl (C=O) groups excluding carboxylic acids is 4. The number of carbonyl (C=O) groups is 4. The van der Waals surface area contributed by atoms with Gasteiger partial charge in [0.05, 0.1) is 41.2 Å². The minimum absolute atomic E-state index is 0.00647. The van der Waals surface area contributed by atoms with Crippen LogP contribution in [0.4, 0.5) is 49.1 Å². The maximum absolute atomic E-state index is 14.2. The zero-order valence-corrected chi connectivity index (χ0v) is 37.1. The summed E-state index contributed by atoms with van der Waals surface area (Å²) in [6.07, 6.45) is -9.91. The van der Waals surface area contributed by atoms with E-state index in [1.807, 2.05) is 0 Å². The molecular formula is C41H36B2F6N4O14S2. The highest BCUT2D eigenvalue weighted by atomic mass is 32.2. The Morgan fingerprint density at radius 3 is 1.99 bits per heavy atom. The number of amides is 2. The number of sulfonamides is 2. The molecule has 364 valence electrons. The molecule has 4 aromatic carbocycles. The average molecular weight is 1010 g/mol. The molecule has 6 N–H and O–H groups in total. The summed E-state index contributed by atoms with van der Waals surface area (Å²) in [5.41, 5.74) is -1.18. The van der Waals surface area contributed by atoms with E-state index in [9.17, 15) is 72.4 Å². The molecule has 0 aliphatic carbocycles. The first kappa shape index (κ1) is 50.4.